The van der Waals surface area contributed by atoms with E-state index in [1.54, 1.807) is 0 Å². The van der Waals surface area contributed by atoms with Gasteiger partial charge in [0.25, 0.3) is 5.91 Å². The molecule has 0 radical (unpaired) electrons. The molecule has 0 saturated heterocycles. The van der Waals surface area contributed by atoms with Gasteiger partial charge in [-0.05, 0) is 37.1 Å². The number of carbonyl (C=O) groups excluding carboxylic acids is 1. The molecule has 132 valence electrons. The molecule has 2 N–H and O–H groups in total. The van der Waals surface area contributed by atoms with E-state index >= 15 is 0 Å². The Morgan fingerprint density at radius 2 is 1.72 bits per heavy atom. The Labute approximate surface area is 147 Å². The van der Waals surface area contributed by atoms with Crippen molar-refractivity contribution in [2.75, 3.05) is 11.5 Å². The van der Waals surface area contributed by atoms with Crippen molar-refractivity contribution in [3.63, 3.8) is 0 Å². The molecule has 0 aromatic heterocycles. The number of rotatable bonds is 5. The number of ether oxygens (including phenoxy) is 1. The summed E-state index contributed by atoms with van der Waals surface area (Å²) in [4.78, 5) is 14.7. The summed E-state index contributed by atoms with van der Waals surface area (Å²) in [6.07, 6.45) is 5.49. The highest BCUT2D eigenvalue weighted by molar-refractivity contribution is 5.95. The third-order valence-corrected chi connectivity index (χ3v) is 4.55. The van der Waals surface area contributed by atoms with E-state index in [0.717, 1.165) is 31.4 Å². The first-order chi connectivity index (χ1) is 12.1. The van der Waals surface area contributed by atoms with E-state index in [1.165, 1.54) is 24.6 Å². The first kappa shape index (κ1) is 17.1. The maximum absolute atomic E-state index is 12.9. The Balaban J connectivity index is 1.73. The highest BCUT2D eigenvalue weighted by atomic mass is 16.5. The van der Waals surface area contributed by atoms with Crippen LogP contribution in [0.5, 0.6) is 17.2 Å². The third kappa shape index (κ3) is 4.24. The van der Waals surface area contributed by atoms with Gasteiger partial charge in [0, 0.05) is 17.8 Å². The van der Waals surface area contributed by atoms with Crippen LogP contribution in [-0.2, 0) is 4.79 Å². The fourth-order valence-corrected chi connectivity index (χ4v) is 3.29. The lowest BCUT2D eigenvalue weighted by molar-refractivity contribution is -0.121. The maximum Gasteiger partial charge on any atom is 0.265 e. The second kappa shape index (κ2) is 7.92. The van der Waals surface area contributed by atoms with Crippen molar-refractivity contribution in [2.24, 2.45) is 0 Å². The Bertz CT molecular complexity index is 711. The number of phenols is 2. The fourth-order valence-electron chi connectivity index (χ4n) is 3.29. The van der Waals surface area contributed by atoms with Crippen LogP contribution in [0.3, 0.4) is 0 Å². The normalized spacial score (nSPS) is 14.9. The van der Waals surface area contributed by atoms with Crippen LogP contribution >= 0.6 is 0 Å². The number of nitrogens with zero attached hydrogens (tertiary/aromatic N) is 1. The zero-order valence-electron chi connectivity index (χ0n) is 14.1. The van der Waals surface area contributed by atoms with Crippen LogP contribution in [-0.4, -0.2) is 28.8 Å². The summed E-state index contributed by atoms with van der Waals surface area (Å²) >= 11 is 0. The fraction of sp³-hybridized carbons (Fsp3) is 0.350. The second-order valence-corrected chi connectivity index (χ2v) is 6.33. The molecule has 2 aromatic rings. The summed E-state index contributed by atoms with van der Waals surface area (Å²) in [6, 6.07) is 14.0. The van der Waals surface area contributed by atoms with Gasteiger partial charge in [-0.3, -0.25) is 4.79 Å². The summed E-state index contributed by atoms with van der Waals surface area (Å²) < 4.78 is 5.53. The van der Waals surface area contributed by atoms with Gasteiger partial charge in [0.2, 0.25) is 0 Å². The number of hydrogen-bond donors (Lipinski definition) is 2. The predicted octanol–water partition coefficient (Wildman–Crippen LogP) is 3.84. The van der Waals surface area contributed by atoms with E-state index in [1.807, 2.05) is 35.2 Å². The van der Waals surface area contributed by atoms with E-state index < -0.39 is 0 Å². The molecule has 3 rings (SSSR count). The molecular weight excluding hydrogens is 318 g/mol. The molecule has 1 amide bonds. The number of aromatic hydroxyl groups is 2. The van der Waals surface area contributed by atoms with Crippen LogP contribution in [0, 0.1) is 0 Å². The molecule has 1 aliphatic rings. The van der Waals surface area contributed by atoms with Crippen LogP contribution in [0.2, 0.25) is 0 Å². The topological polar surface area (TPSA) is 70.0 Å². The average Bonchev–Trinajstić information content (AvgIpc) is 2.65. The molecule has 0 heterocycles. The maximum atomic E-state index is 12.9. The Hall–Kier alpha value is -2.69. The molecule has 1 fully saturated rings. The minimum atomic E-state index is -0.267. The number of carbonyl (C=O) groups is 1. The summed E-state index contributed by atoms with van der Waals surface area (Å²) in [5.41, 5.74) is 0.886. The SMILES string of the molecule is O=C(COc1ccc(O)c(O)c1)N(c1ccccc1)C1CCCCC1. The van der Waals surface area contributed by atoms with E-state index in [0.29, 0.717) is 5.75 Å². The number of phenolic OH excluding ortho intramolecular Hbond substituents is 2. The van der Waals surface area contributed by atoms with Gasteiger partial charge in [-0.25, -0.2) is 0 Å². The average molecular weight is 341 g/mol. The summed E-state index contributed by atoms with van der Waals surface area (Å²) in [7, 11) is 0. The molecule has 5 nitrogen and oxygen atoms in total. The third-order valence-electron chi connectivity index (χ3n) is 4.55. The molecule has 0 unspecified atom stereocenters. The monoisotopic (exact) mass is 341 g/mol. The predicted molar refractivity (Wildman–Crippen MR) is 96.1 cm³/mol. The van der Waals surface area contributed by atoms with Crippen molar-refractivity contribution >= 4 is 11.6 Å². The summed E-state index contributed by atoms with van der Waals surface area (Å²) in [5.74, 6) is -0.241. The first-order valence-electron chi connectivity index (χ1n) is 8.67. The Morgan fingerprint density at radius 1 is 1.00 bits per heavy atom. The van der Waals surface area contributed by atoms with E-state index in [4.69, 9.17) is 4.74 Å². The van der Waals surface area contributed by atoms with Gasteiger partial charge in [-0.15, -0.1) is 0 Å². The molecule has 25 heavy (non-hydrogen) atoms. The standard InChI is InChI=1S/C20H23NO4/c22-18-12-11-17(13-19(18)23)25-14-20(24)21(15-7-3-1-4-8-15)16-9-5-2-6-10-16/h1,3-4,7-8,11-13,16,22-23H,2,5-6,9-10,14H2. The minimum Gasteiger partial charge on any atom is -0.504 e. The van der Waals surface area contributed by atoms with Gasteiger partial charge < -0.3 is 19.8 Å². The number of amides is 1. The molecule has 0 spiro atoms. The van der Waals surface area contributed by atoms with Crippen molar-refractivity contribution in [3.8, 4) is 17.2 Å². The largest absolute Gasteiger partial charge is 0.504 e. The molecule has 1 saturated carbocycles. The van der Waals surface area contributed by atoms with E-state index in [2.05, 4.69) is 0 Å². The number of anilines is 1. The van der Waals surface area contributed by atoms with Crippen LogP contribution in [0.4, 0.5) is 5.69 Å². The zero-order valence-corrected chi connectivity index (χ0v) is 14.1. The molecule has 5 heteroatoms. The highest BCUT2D eigenvalue weighted by Crippen LogP contribution is 2.30. The molecule has 0 atom stereocenters. The van der Waals surface area contributed by atoms with Crippen molar-refractivity contribution in [1.29, 1.82) is 0 Å². The lowest BCUT2D eigenvalue weighted by Crippen LogP contribution is -2.44. The molecular formula is C20H23NO4. The van der Waals surface area contributed by atoms with Crippen molar-refractivity contribution in [1.82, 2.24) is 0 Å². The quantitative estimate of drug-likeness (QED) is 0.811. The zero-order chi connectivity index (χ0) is 17.6. The van der Waals surface area contributed by atoms with Gasteiger partial charge in [-0.2, -0.15) is 0 Å². The van der Waals surface area contributed by atoms with Crippen LogP contribution in [0.15, 0.2) is 48.5 Å². The summed E-state index contributed by atoms with van der Waals surface area (Å²) in [6.45, 7) is -0.115. The minimum absolute atomic E-state index is 0.106. The Morgan fingerprint density at radius 3 is 2.40 bits per heavy atom. The van der Waals surface area contributed by atoms with E-state index in [9.17, 15) is 15.0 Å². The van der Waals surface area contributed by atoms with Gasteiger partial charge in [0.05, 0.1) is 0 Å². The van der Waals surface area contributed by atoms with Gasteiger partial charge in [0.1, 0.15) is 5.75 Å². The number of hydrogen-bond acceptors (Lipinski definition) is 4. The smallest absolute Gasteiger partial charge is 0.265 e. The lowest BCUT2D eigenvalue weighted by atomic mass is 9.93. The van der Waals surface area contributed by atoms with Crippen LogP contribution in [0.1, 0.15) is 32.1 Å². The van der Waals surface area contributed by atoms with Crippen molar-refractivity contribution in [3.05, 3.63) is 48.5 Å². The van der Waals surface area contributed by atoms with Gasteiger partial charge >= 0.3 is 0 Å². The van der Waals surface area contributed by atoms with Gasteiger partial charge in [0.15, 0.2) is 18.1 Å². The molecule has 1 aliphatic carbocycles. The van der Waals surface area contributed by atoms with E-state index in [-0.39, 0.29) is 30.1 Å². The second-order valence-electron chi connectivity index (χ2n) is 6.33. The molecule has 2 aromatic carbocycles. The molecule has 0 bridgehead atoms. The van der Waals surface area contributed by atoms with Crippen molar-refractivity contribution in [2.45, 2.75) is 38.1 Å². The Kier molecular flexibility index (Phi) is 5.43. The van der Waals surface area contributed by atoms with Gasteiger partial charge in [-0.1, -0.05) is 37.5 Å². The number of para-hydroxylation sites is 1. The molecule has 0 aliphatic heterocycles. The number of benzene rings is 2. The summed E-state index contributed by atoms with van der Waals surface area (Å²) in [5, 5.41) is 18.9. The van der Waals surface area contributed by atoms with Crippen molar-refractivity contribution < 1.29 is 19.7 Å². The highest BCUT2D eigenvalue weighted by Gasteiger charge is 2.27. The van der Waals surface area contributed by atoms with Crippen LogP contribution < -0.4 is 9.64 Å². The lowest BCUT2D eigenvalue weighted by Gasteiger charge is -2.34. The first-order valence-corrected chi connectivity index (χ1v) is 8.67. The van der Waals surface area contributed by atoms with Crippen LogP contribution in [0.25, 0.3) is 0 Å².